The van der Waals surface area contributed by atoms with Gasteiger partial charge < -0.3 is 11.1 Å². The Bertz CT molecular complexity index is 370. The second-order valence-electron chi connectivity index (χ2n) is 5.13. The standard InChI is InChI=1S/C14H21FN2/c1-10-2-7-13(8-14(10)15)17-9-11-3-5-12(16)6-4-11/h2,7-8,11-12,17H,3-6,9,16H2,1H3/t11-,12-. The van der Waals surface area contributed by atoms with Gasteiger partial charge in [0, 0.05) is 18.3 Å². The van der Waals surface area contributed by atoms with Crippen molar-refractivity contribution in [2.24, 2.45) is 11.7 Å². The van der Waals surface area contributed by atoms with Crippen LogP contribution in [0.25, 0.3) is 0 Å². The van der Waals surface area contributed by atoms with Crippen LogP contribution in [-0.2, 0) is 0 Å². The van der Waals surface area contributed by atoms with E-state index >= 15 is 0 Å². The highest BCUT2D eigenvalue weighted by Crippen LogP contribution is 2.23. The second kappa shape index (κ2) is 5.50. The highest BCUT2D eigenvalue weighted by Gasteiger charge is 2.18. The van der Waals surface area contributed by atoms with E-state index in [9.17, 15) is 4.39 Å². The minimum absolute atomic E-state index is 0.138. The van der Waals surface area contributed by atoms with Gasteiger partial charge in [0.25, 0.3) is 0 Å². The molecule has 0 aliphatic heterocycles. The summed E-state index contributed by atoms with van der Waals surface area (Å²) in [6, 6.07) is 5.72. The number of rotatable bonds is 3. The fraction of sp³-hybridized carbons (Fsp3) is 0.571. The first kappa shape index (κ1) is 12.4. The van der Waals surface area contributed by atoms with E-state index in [2.05, 4.69) is 5.32 Å². The van der Waals surface area contributed by atoms with E-state index in [0.29, 0.717) is 17.5 Å². The summed E-state index contributed by atoms with van der Waals surface area (Å²) in [6.07, 6.45) is 4.61. The maximum absolute atomic E-state index is 13.3. The van der Waals surface area contributed by atoms with E-state index in [-0.39, 0.29) is 5.82 Å². The number of hydrogen-bond donors (Lipinski definition) is 2. The summed E-state index contributed by atoms with van der Waals surface area (Å²) < 4.78 is 13.3. The van der Waals surface area contributed by atoms with Crippen LogP contribution >= 0.6 is 0 Å². The van der Waals surface area contributed by atoms with Crippen molar-refractivity contribution in [3.8, 4) is 0 Å². The first-order valence-electron chi connectivity index (χ1n) is 6.41. The molecule has 0 unspecified atom stereocenters. The third-order valence-electron chi connectivity index (χ3n) is 3.66. The quantitative estimate of drug-likeness (QED) is 0.846. The molecule has 2 rings (SSSR count). The van der Waals surface area contributed by atoms with Gasteiger partial charge in [-0.05, 0) is 56.2 Å². The van der Waals surface area contributed by atoms with Gasteiger partial charge in [0.1, 0.15) is 5.82 Å². The molecule has 0 aromatic heterocycles. The van der Waals surface area contributed by atoms with Gasteiger partial charge in [0.05, 0.1) is 0 Å². The van der Waals surface area contributed by atoms with Crippen LogP contribution in [-0.4, -0.2) is 12.6 Å². The average Bonchev–Trinajstić information content (AvgIpc) is 2.33. The molecule has 0 bridgehead atoms. The van der Waals surface area contributed by atoms with Crippen LogP contribution < -0.4 is 11.1 Å². The summed E-state index contributed by atoms with van der Waals surface area (Å²) in [5, 5.41) is 3.32. The number of nitrogens with two attached hydrogens (primary N) is 1. The lowest BCUT2D eigenvalue weighted by molar-refractivity contribution is 0.339. The lowest BCUT2D eigenvalue weighted by Crippen LogP contribution is -2.29. The van der Waals surface area contributed by atoms with E-state index in [0.717, 1.165) is 25.1 Å². The number of halogens is 1. The van der Waals surface area contributed by atoms with E-state index in [4.69, 9.17) is 5.73 Å². The smallest absolute Gasteiger partial charge is 0.128 e. The van der Waals surface area contributed by atoms with Gasteiger partial charge in [-0.1, -0.05) is 6.07 Å². The largest absolute Gasteiger partial charge is 0.385 e. The van der Waals surface area contributed by atoms with E-state index < -0.39 is 0 Å². The zero-order chi connectivity index (χ0) is 12.3. The third-order valence-corrected chi connectivity index (χ3v) is 3.66. The molecule has 3 heteroatoms. The Morgan fingerprint density at radius 3 is 2.65 bits per heavy atom. The van der Waals surface area contributed by atoms with Crippen LogP contribution in [0, 0.1) is 18.7 Å². The van der Waals surface area contributed by atoms with Gasteiger partial charge in [0.2, 0.25) is 0 Å². The topological polar surface area (TPSA) is 38.0 Å². The molecule has 0 atom stereocenters. The second-order valence-corrected chi connectivity index (χ2v) is 5.13. The third kappa shape index (κ3) is 3.43. The number of anilines is 1. The SMILES string of the molecule is Cc1ccc(NC[C@H]2CC[C@H](N)CC2)cc1F. The van der Waals surface area contributed by atoms with Crippen LogP contribution in [0.5, 0.6) is 0 Å². The lowest BCUT2D eigenvalue weighted by Gasteiger charge is -2.26. The molecular weight excluding hydrogens is 215 g/mol. The highest BCUT2D eigenvalue weighted by atomic mass is 19.1. The molecule has 1 aliphatic rings. The molecule has 3 N–H and O–H groups in total. The Labute approximate surface area is 102 Å². The van der Waals surface area contributed by atoms with Crippen molar-refractivity contribution in [2.75, 3.05) is 11.9 Å². The Morgan fingerprint density at radius 1 is 1.29 bits per heavy atom. The van der Waals surface area contributed by atoms with Crippen LogP contribution in [0.1, 0.15) is 31.2 Å². The number of benzene rings is 1. The predicted octanol–water partition coefficient (Wildman–Crippen LogP) is 3.06. The summed E-state index contributed by atoms with van der Waals surface area (Å²) in [5.41, 5.74) is 7.44. The van der Waals surface area contributed by atoms with Gasteiger partial charge in [-0.3, -0.25) is 0 Å². The molecule has 1 aliphatic carbocycles. The molecule has 1 saturated carbocycles. The van der Waals surface area contributed by atoms with Gasteiger partial charge in [0.15, 0.2) is 0 Å². The van der Waals surface area contributed by atoms with E-state index in [1.54, 1.807) is 13.0 Å². The first-order chi connectivity index (χ1) is 8.15. The Morgan fingerprint density at radius 2 is 2.00 bits per heavy atom. The maximum Gasteiger partial charge on any atom is 0.128 e. The molecule has 2 nitrogen and oxygen atoms in total. The van der Waals surface area contributed by atoms with Crippen molar-refractivity contribution in [2.45, 2.75) is 38.6 Å². The molecule has 0 amide bonds. The summed E-state index contributed by atoms with van der Waals surface area (Å²) in [7, 11) is 0. The molecule has 0 spiro atoms. The fourth-order valence-corrected chi connectivity index (χ4v) is 2.36. The maximum atomic E-state index is 13.3. The molecule has 17 heavy (non-hydrogen) atoms. The van der Waals surface area contributed by atoms with Gasteiger partial charge >= 0.3 is 0 Å². The van der Waals surface area contributed by atoms with Crippen LogP contribution in [0.2, 0.25) is 0 Å². The molecule has 0 saturated heterocycles. The van der Waals surface area contributed by atoms with Gasteiger partial charge in [-0.25, -0.2) is 4.39 Å². The zero-order valence-corrected chi connectivity index (χ0v) is 10.4. The van der Waals surface area contributed by atoms with Crippen LogP contribution in [0.3, 0.4) is 0 Å². The summed E-state index contributed by atoms with van der Waals surface area (Å²) >= 11 is 0. The zero-order valence-electron chi connectivity index (χ0n) is 10.4. The highest BCUT2D eigenvalue weighted by molar-refractivity contribution is 5.45. The number of hydrogen-bond acceptors (Lipinski definition) is 2. The van der Waals surface area contributed by atoms with Crippen molar-refractivity contribution < 1.29 is 4.39 Å². The Balaban J connectivity index is 1.83. The molecule has 1 fully saturated rings. The van der Waals surface area contributed by atoms with Crippen molar-refractivity contribution in [3.63, 3.8) is 0 Å². The van der Waals surface area contributed by atoms with Gasteiger partial charge in [-0.15, -0.1) is 0 Å². The molecule has 0 heterocycles. The summed E-state index contributed by atoms with van der Waals surface area (Å²) in [6.45, 7) is 2.71. The molecule has 0 radical (unpaired) electrons. The summed E-state index contributed by atoms with van der Waals surface area (Å²) in [5.74, 6) is 0.542. The predicted molar refractivity (Wildman–Crippen MR) is 69.6 cm³/mol. The number of aryl methyl sites for hydroxylation is 1. The van der Waals surface area contributed by atoms with Crippen molar-refractivity contribution in [3.05, 3.63) is 29.6 Å². The Hall–Kier alpha value is -1.09. The molecule has 1 aromatic rings. The molecule has 94 valence electrons. The molecule has 1 aromatic carbocycles. The summed E-state index contributed by atoms with van der Waals surface area (Å²) in [4.78, 5) is 0. The van der Waals surface area contributed by atoms with Crippen LogP contribution in [0.4, 0.5) is 10.1 Å². The minimum Gasteiger partial charge on any atom is -0.385 e. The minimum atomic E-state index is -0.138. The number of nitrogens with one attached hydrogen (secondary N) is 1. The normalized spacial score (nSPS) is 24.6. The van der Waals surface area contributed by atoms with E-state index in [1.807, 2.05) is 12.1 Å². The lowest BCUT2D eigenvalue weighted by atomic mass is 9.86. The average molecular weight is 236 g/mol. The fourth-order valence-electron chi connectivity index (χ4n) is 2.36. The van der Waals surface area contributed by atoms with Crippen molar-refractivity contribution >= 4 is 5.69 Å². The molecular formula is C14H21FN2. The Kier molecular flexibility index (Phi) is 4.00. The van der Waals surface area contributed by atoms with Crippen molar-refractivity contribution in [1.29, 1.82) is 0 Å². The first-order valence-corrected chi connectivity index (χ1v) is 6.41. The monoisotopic (exact) mass is 236 g/mol. The van der Waals surface area contributed by atoms with Crippen molar-refractivity contribution in [1.82, 2.24) is 0 Å². The van der Waals surface area contributed by atoms with Crippen LogP contribution in [0.15, 0.2) is 18.2 Å². The van der Waals surface area contributed by atoms with E-state index in [1.165, 1.54) is 12.8 Å². The van der Waals surface area contributed by atoms with Gasteiger partial charge in [-0.2, -0.15) is 0 Å².